The van der Waals surface area contributed by atoms with E-state index in [-0.39, 0.29) is 5.91 Å². The second-order valence-corrected chi connectivity index (χ2v) is 5.98. The lowest BCUT2D eigenvalue weighted by atomic mass is 9.81. The van der Waals surface area contributed by atoms with Crippen LogP contribution in [0.2, 0.25) is 0 Å². The molecule has 1 rings (SSSR count). The monoisotopic (exact) mass is 254 g/mol. The summed E-state index contributed by atoms with van der Waals surface area (Å²) < 4.78 is 0. The molecule has 0 aromatic heterocycles. The zero-order valence-electron chi connectivity index (χ0n) is 12.3. The van der Waals surface area contributed by atoms with Gasteiger partial charge >= 0.3 is 0 Å². The fourth-order valence-electron chi connectivity index (χ4n) is 2.76. The number of hydrogen-bond acceptors (Lipinski definition) is 2. The van der Waals surface area contributed by atoms with E-state index in [0.717, 1.165) is 24.8 Å². The van der Waals surface area contributed by atoms with Crippen molar-refractivity contribution in [3.8, 4) is 0 Å². The highest BCUT2D eigenvalue weighted by Crippen LogP contribution is 2.30. The van der Waals surface area contributed by atoms with Crippen molar-refractivity contribution in [1.82, 2.24) is 10.6 Å². The van der Waals surface area contributed by atoms with Gasteiger partial charge in [0.15, 0.2) is 0 Å². The Morgan fingerprint density at radius 3 is 2.83 bits per heavy atom. The molecule has 3 atom stereocenters. The first-order chi connectivity index (χ1) is 8.61. The molecule has 0 bridgehead atoms. The van der Waals surface area contributed by atoms with E-state index in [0.29, 0.717) is 12.6 Å². The molecule has 3 heteroatoms. The first kappa shape index (κ1) is 15.5. The largest absolute Gasteiger partial charge is 0.353 e. The molecule has 1 saturated carbocycles. The van der Waals surface area contributed by atoms with Gasteiger partial charge in [-0.15, -0.1) is 0 Å². The molecule has 0 aromatic carbocycles. The molecular formula is C15H30N2O. The minimum atomic E-state index is 0.126. The number of carbonyl (C=O) groups excluding carboxylic acids is 1. The summed E-state index contributed by atoms with van der Waals surface area (Å²) in [6, 6.07) is 0.290. The Hall–Kier alpha value is -0.570. The van der Waals surface area contributed by atoms with Crippen LogP contribution in [0.15, 0.2) is 0 Å². The predicted molar refractivity (Wildman–Crippen MR) is 76.5 cm³/mol. The van der Waals surface area contributed by atoms with Crippen LogP contribution in [0.3, 0.4) is 0 Å². The van der Waals surface area contributed by atoms with Crippen molar-refractivity contribution in [2.24, 2.45) is 11.8 Å². The molecule has 1 amide bonds. The van der Waals surface area contributed by atoms with Gasteiger partial charge in [0.1, 0.15) is 0 Å². The van der Waals surface area contributed by atoms with E-state index in [9.17, 15) is 4.79 Å². The average molecular weight is 254 g/mol. The third-order valence-corrected chi connectivity index (χ3v) is 4.08. The van der Waals surface area contributed by atoms with E-state index in [1.165, 1.54) is 32.1 Å². The Morgan fingerprint density at radius 2 is 2.17 bits per heavy atom. The summed E-state index contributed by atoms with van der Waals surface area (Å²) >= 11 is 0. The van der Waals surface area contributed by atoms with E-state index in [2.05, 4.69) is 24.5 Å². The van der Waals surface area contributed by atoms with Gasteiger partial charge in [0.05, 0.1) is 6.54 Å². The third kappa shape index (κ3) is 6.39. The zero-order chi connectivity index (χ0) is 13.4. The Balaban J connectivity index is 2.02. The predicted octanol–water partition coefficient (Wildman–Crippen LogP) is 2.71. The summed E-state index contributed by atoms with van der Waals surface area (Å²) in [5.41, 5.74) is 0. The summed E-state index contributed by atoms with van der Waals surface area (Å²) in [4.78, 5) is 11.5. The summed E-state index contributed by atoms with van der Waals surface area (Å²) in [6.45, 7) is 7.93. The molecule has 1 aliphatic rings. The second-order valence-electron chi connectivity index (χ2n) is 5.98. The molecule has 1 fully saturated rings. The van der Waals surface area contributed by atoms with Crippen LogP contribution in [0.25, 0.3) is 0 Å². The minimum Gasteiger partial charge on any atom is -0.353 e. The summed E-state index contributed by atoms with van der Waals surface area (Å²) in [7, 11) is 0. The minimum absolute atomic E-state index is 0.126. The first-order valence-electron chi connectivity index (χ1n) is 7.61. The maximum absolute atomic E-state index is 11.5. The highest BCUT2D eigenvalue weighted by atomic mass is 16.1. The highest BCUT2D eigenvalue weighted by Gasteiger charge is 2.18. The molecule has 0 spiro atoms. The fraction of sp³-hybridized carbons (Fsp3) is 0.933. The van der Waals surface area contributed by atoms with Gasteiger partial charge in [-0.3, -0.25) is 4.79 Å². The van der Waals surface area contributed by atoms with Gasteiger partial charge in [-0.05, 0) is 44.6 Å². The molecule has 18 heavy (non-hydrogen) atoms. The smallest absolute Gasteiger partial charge is 0.234 e. The van der Waals surface area contributed by atoms with Crippen molar-refractivity contribution in [2.75, 3.05) is 13.1 Å². The first-order valence-corrected chi connectivity index (χ1v) is 7.61. The van der Waals surface area contributed by atoms with Gasteiger partial charge in [-0.2, -0.15) is 0 Å². The van der Waals surface area contributed by atoms with Gasteiger partial charge in [-0.1, -0.05) is 33.1 Å². The molecule has 3 nitrogen and oxygen atoms in total. The summed E-state index contributed by atoms with van der Waals surface area (Å²) in [5, 5.41) is 6.24. The van der Waals surface area contributed by atoms with E-state index in [1.807, 2.05) is 6.92 Å². The number of rotatable bonds is 7. The van der Waals surface area contributed by atoms with E-state index >= 15 is 0 Å². The second kappa shape index (κ2) is 8.52. The lowest BCUT2D eigenvalue weighted by Gasteiger charge is -2.26. The van der Waals surface area contributed by atoms with Crippen molar-refractivity contribution in [1.29, 1.82) is 0 Å². The number of amides is 1. The van der Waals surface area contributed by atoms with Crippen LogP contribution < -0.4 is 10.6 Å². The lowest BCUT2D eigenvalue weighted by Crippen LogP contribution is -2.39. The van der Waals surface area contributed by atoms with Gasteiger partial charge in [0, 0.05) is 6.04 Å². The van der Waals surface area contributed by atoms with Crippen LogP contribution in [0, 0.1) is 11.8 Å². The Bertz CT molecular complexity index is 243. The van der Waals surface area contributed by atoms with Crippen LogP contribution in [0.1, 0.15) is 59.3 Å². The molecule has 0 saturated heterocycles. The Labute approximate surface area is 112 Å². The maximum Gasteiger partial charge on any atom is 0.234 e. The van der Waals surface area contributed by atoms with E-state index < -0.39 is 0 Å². The van der Waals surface area contributed by atoms with Crippen molar-refractivity contribution in [3.05, 3.63) is 0 Å². The van der Waals surface area contributed by atoms with Gasteiger partial charge in [0.2, 0.25) is 5.91 Å². The topological polar surface area (TPSA) is 41.1 Å². The number of nitrogens with one attached hydrogen (secondary N) is 2. The molecule has 0 radical (unpaired) electrons. The normalized spacial score (nSPS) is 25.7. The van der Waals surface area contributed by atoms with Crippen molar-refractivity contribution >= 4 is 5.91 Å². The third-order valence-electron chi connectivity index (χ3n) is 4.08. The van der Waals surface area contributed by atoms with E-state index in [4.69, 9.17) is 0 Å². The standard InChI is InChI=1S/C15H30N2O/c1-4-13(3)17-15(18)11-16-9-8-14-7-5-6-12(2)10-14/h12-14,16H,4-11H2,1-3H3,(H,17,18). The van der Waals surface area contributed by atoms with Crippen LogP contribution in [0.5, 0.6) is 0 Å². The molecule has 2 N–H and O–H groups in total. The molecule has 1 aliphatic carbocycles. The van der Waals surface area contributed by atoms with Crippen LogP contribution in [-0.2, 0) is 4.79 Å². The molecule has 0 aromatic rings. The summed E-state index contributed by atoms with van der Waals surface area (Å²) in [6.07, 6.45) is 7.76. The average Bonchev–Trinajstić information content (AvgIpc) is 2.34. The van der Waals surface area contributed by atoms with Crippen molar-refractivity contribution < 1.29 is 4.79 Å². The Morgan fingerprint density at radius 1 is 1.39 bits per heavy atom. The van der Waals surface area contributed by atoms with Crippen molar-refractivity contribution in [2.45, 2.75) is 65.3 Å². The molecule has 106 valence electrons. The van der Waals surface area contributed by atoms with Crippen LogP contribution in [-0.4, -0.2) is 25.0 Å². The molecular weight excluding hydrogens is 224 g/mol. The maximum atomic E-state index is 11.5. The fourth-order valence-corrected chi connectivity index (χ4v) is 2.76. The molecule has 0 heterocycles. The molecule has 0 aliphatic heterocycles. The van der Waals surface area contributed by atoms with Gasteiger partial charge in [-0.25, -0.2) is 0 Å². The lowest BCUT2D eigenvalue weighted by molar-refractivity contribution is -0.120. The zero-order valence-corrected chi connectivity index (χ0v) is 12.3. The van der Waals surface area contributed by atoms with Gasteiger partial charge < -0.3 is 10.6 Å². The quantitative estimate of drug-likeness (QED) is 0.686. The SMILES string of the molecule is CCC(C)NC(=O)CNCCC1CCCC(C)C1. The van der Waals surface area contributed by atoms with Crippen LogP contribution in [0.4, 0.5) is 0 Å². The Kier molecular flexibility index (Phi) is 7.33. The van der Waals surface area contributed by atoms with E-state index in [1.54, 1.807) is 0 Å². The number of hydrogen-bond donors (Lipinski definition) is 2. The highest BCUT2D eigenvalue weighted by molar-refractivity contribution is 5.78. The summed E-state index contributed by atoms with van der Waals surface area (Å²) in [5.74, 6) is 1.90. The van der Waals surface area contributed by atoms with Crippen molar-refractivity contribution in [3.63, 3.8) is 0 Å². The number of carbonyl (C=O) groups is 1. The van der Waals surface area contributed by atoms with Crippen LogP contribution >= 0.6 is 0 Å². The molecule has 3 unspecified atom stereocenters. The van der Waals surface area contributed by atoms with Gasteiger partial charge in [0.25, 0.3) is 0 Å².